The number of amides is 1. The minimum Gasteiger partial charge on any atom is -0.332 e. The van der Waals surface area contributed by atoms with E-state index in [4.69, 9.17) is 0 Å². The summed E-state index contributed by atoms with van der Waals surface area (Å²) in [6.45, 7) is 3.33. The lowest BCUT2D eigenvalue weighted by Crippen LogP contribution is -2.53. The van der Waals surface area contributed by atoms with Crippen molar-refractivity contribution in [1.29, 1.82) is 0 Å². The van der Waals surface area contributed by atoms with E-state index in [9.17, 15) is 13.6 Å². The Balaban J connectivity index is 2.53. The largest absolute Gasteiger partial charge is 0.332 e. The number of carbonyl (C=O) groups is 1. The molecule has 12 heavy (non-hydrogen) atoms. The molecule has 0 aromatic carbocycles. The van der Waals surface area contributed by atoms with Crippen LogP contribution in [-0.2, 0) is 4.79 Å². The highest BCUT2D eigenvalue weighted by Gasteiger charge is 2.28. The van der Waals surface area contributed by atoms with Crippen LogP contribution in [0.1, 0.15) is 6.92 Å². The predicted molar refractivity (Wildman–Crippen MR) is 40.0 cm³/mol. The average molecular weight is 178 g/mol. The van der Waals surface area contributed by atoms with Crippen LogP contribution in [0.2, 0.25) is 0 Å². The second kappa shape index (κ2) is 3.80. The summed E-state index contributed by atoms with van der Waals surface area (Å²) < 4.78 is 23.9. The first-order valence-electron chi connectivity index (χ1n) is 3.92. The summed E-state index contributed by atoms with van der Waals surface area (Å²) in [6, 6.07) is -0.125. The van der Waals surface area contributed by atoms with Gasteiger partial charge in [0.2, 0.25) is 0 Å². The summed E-state index contributed by atoms with van der Waals surface area (Å²) >= 11 is 0. The van der Waals surface area contributed by atoms with Gasteiger partial charge in [-0.2, -0.15) is 8.78 Å². The Kier molecular flexibility index (Phi) is 2.97. The van der Waals surface area contributed by atoms with E-state index in [0.29, 0.717) is 19.6 Å². The van der Waals surface area contributed by atoms with Gasteiger partial charge in [-0.25, -0.2) is 0 Å². The van der Waals surface area contributed by atoms with Crippen LogP contribution in [0, 0.1) is 0 Å². The zero-order chi connectivity index (χ0) is 9.14. The Hall–Kier alpha value is -0.710. The molecule has 1 saturated heterocycles. The number of halogens is 2. The van der Waals surface area contributed by atoms with E-state index in [1.54, 1.807) is 6.92 Å². The molecule has 0 radical (unpaired) electrons. The molecule has 0 aromatic rings. The van der Waals surface area contributed by atoms with Crippen molar-refractivity contribution < 1.29 is 13.6 Å². The predicted octanol–water partition coefficient (Wildman–Crippen LogP) is 0.0718. The molecule has 1 N–H and O–H groups in total. The van der Waals surface area contributed by atoms with E-state index in [1.165, 1.54) is 4.90 Å². The topological polar surface area (TPSA) is 32.3 Å². The zero-order valence-electron chi connectivity index (χ0n) is 6.89. The summed E-state index contributed by atoms with van der Waals surface area (Å²) in [7, 11) is 0. The third kappa shape index (κ3) is 1.91. The van der Waals surface area contributed by atoms with Crippen LogP contribution in [0.4, 0.5) is 8.78 Å². The van der Waals surface area contributed by atoms with E-state index in [2.05, 4.69) is 5.32 Å². The molecular weight excluding hydrogens is 166 g/mol. The van der Waals surface area contributed by atoms with Gasteiger partial charge in [0.05, 0.1) is 0 Å². The summed E-state index contributed by atoms with van der Waals surface area (Å²) in [5.74, 6) is -1.05. The van der Waals surface area contributed by atoms with Crippen molar-refractivity contribution in [2.24, 2.45) is 0 Å². The van der Waals surface area contributed by atoms with Crippen LogP contribution in [0.15, 0.2) is 0 Å². The maximum absolute atomic E-state index is 12.0. The molecule has 1 aliphatic rings. The number of carbonyl (C=O) groups excluding carboxylic acids is 1. The van der Waals surface area contributed by atoms with Crippen molar-refractivity contribution in [3.63, 3.8) is 0 Å². The molecule has 1 fully saturated rings. The number of alkyl halides is 2. The lowest BCUT2D eigenvalue weighted by atomic mass is 10.2. The first-order valence-corrected chi connectivity index (χ1v) is 3.92. The van der Waals surface area contributed by atoms with Crippen molar-refractivity contribution in [3.8, 4) is 0 Å². The van der Waals surface area contributed by atoms with Gasteiger partial charge in [0.25, 0.3) is 5.91 Å². The minimum atomic E-state index is -2.87. The molecule has 0 aromatic heterocycles. The fourth-order valence-electron chi connectivity index (χ4n) is 1.29. The van der Waals surface area contributed by atoms with Crippen LogP contribution < -0.4 is 5.32 Å². The maximum atomic E-state index is 12.0. The van der Waals surface area contributed by atoms with Gasteiger partial charge < -0.3 is 10.2 Å². The highest BCUT2D eigenvalue weighted by Crippen LogP contribution is 2.07. The van der Waals surface area contributed by atoms with E-state index < -0.39 is 12.3 Å². The fourth-order valence-corrected chi connectivity index (χ4v) is 1.29. The number of rotatable bonds is 1. The lowest BCUT2D eigenvalue weighted by Gasteiger charge is -2.33. The minimum absolute atomic E-state index is 0.125. The molecule has 5 heteroatoms. The van der Waals surface area contributed by atoms with Gasteiger partial charge in [0, 0.05) is 25.7 Å². The summed E-state index contributed by atoms with van der Waals surface area (Å²) in [4.78, 5) is 12.1. The monoisotopic (exact) mass is 178 g/mol. The Morgan fingerprint density at radius 1 is 1.67 bits per heavy atom. The zero-order valence-corrected chi connectivity index (χ0v) is 6.89. The van der Waals surface area contributed by atoms with Gasteiger partial charge >= 0.3 is 6.43 Å². The number of hydrogen-bond donors (Lipinski definition) is 1. The number of nitrogens with one attached hydrogen (secondary N) is 1. The number of nitrogens with zero attached hydrogens (tertiary/aromatic N) is 1. The Bertz CT molecular complexity index is 175. The van der Waals surface area contributed by atoms with E-state index in [1.807, 2.05) is 0 Å². The summed E-state index contributed by atoms with van der Waals surface area (Å²) in [5, 5.41) is 3.02. The third-order valence-electron chi connectivity index (χ3n) is 1.97. The molecular formula is C7H12F2N2O. The van der Waals surface area contributed by atoms with Gasteiger partial charge in [-0.05, 0) is 6.92 Å². The van der Waals surface area contributed by atoms with Crippen molar-refractivity contribution in [2.45, 2.75) is 19.4 Å². The van der Waals surface area contributed by atoms with Crippen LogP contribution in [-0.4, -0.2) is 42.9 Å². The molecule has 1 heterocycles. The van der Waals surface area contributed by atoms with Gasteiger partial charge in [0.15, 0.2) is 0 Å². The standard InChI is InChI=1S/C7H12F2N2O/c1-5-4-10-2-3-11(5)7(12)6(8)9/h5-6,10H,2-4H2,1H3. The molecule has 0 aliphatic carbocycles. The highest BCUT2D eigenvalue weighted by molar-refractivity contribution is 5.79. The van der Waals surface area contributed by atoms with Crippen LogP contribution in [0.25, 0.3) is 0 Å². The Morgan fingerprint density at radius 3 is 2.83 bits per heavy atom. The fraction of sp³-hybridized carbons (Fsp3) is 0.857. The second-order valence-electron chi connectivity index (χ2n) is 2.89. The molecule has 1 aliphatic heterocycles. The van der Waals surface area contributed by atoms with Crippen LogP contribution in [0.3, 0.4) is 0 Å². The molecule has 1 rings (SSSR count). The van der Waals surface area contributed by atoms with Gasteiger partial charge in [0.1, 0.15) is 0 Å². The van der Waals surface area contributed by atoms with Crippen LogP contribution >= 0.6 is 0 Å². The van der Waals surface area contributed by atoms with Crippen molar-refractivity contribution in [3.05, 3.63) is 0 Å². The Morgan fingerprint density at radius 2 is 2.33 bits per heavy atom. The first kappa shape index (κ1) is 9.38. The molecule has 1 atom stereocenters. The highest BCUT2D eigenvalue weighted by atomic mass is 19.3. The molecule has 0 bridgehead atoms. The van der Waals surface area contributed by atoms with Gasteiger partial charge in [-0.3, -0.25) is 4.79 Å². The smallest absolute Gasteiger partial charge is 0.315 e. The van der Waals surface area contributed by atoms with Crippen molar-refractivity contribution in [1.82, 2.24) is 10.2 Å². The molecule has 0 saturated carbocycles. The van der Waals surface area contributed by atoms with Gasteiger partial charge in [-0.1, -0.05) is 0 Å². The molecule has 3 nitrogen and oxygen atoms in total. The molecule has 1 unspecified atom stereocenters. The van der Waals surface area contributed by atoms with Crippen molar-refractivity contribution in [2.75, 3.05) is 19.6 Å². The quantitative estimate of drug-likeness (QED) is 0.616. The van der Waals surface area contributed by atoms with Gasteiger partial charge in [-0.15, -0.1) is 0 Å². The average Bonchev–Trinajstić information content (AvgIpc) is 2.04. The maximum Gasteiger partial charge on any atom is 0.315 e. The molecule has 0 spiro atoms. The van der Waals surface area contributed by atoms with E-state index in [-0.39, 0.29) is 6.04 Å². The molecule has 70 valence electrons. The second-order valence-corrected chi connectivity index (χ2v) is 2.89. The van der Waals surface area contributed by atoms with E-state index >= 15 is 0 Å². The normalized spacial score (nSPS) is 24.7. The lowest BCUT2D eigenvalue weighted by molar-refractivity contribution is -0.145. The van der Waals surface area contributed by atoms with E-state index in [0.717, 1.165) is 0 Å². The number of hydrogen-bond acceptors (Lipinski definition) is 2. The number of piperazine rings is 1. The SMILES string of the molecule is CC1CNCCN1C(=O)C(F)F. The summed E-state index contributed by atoms with van der Waals surface area (Å²) in [5.41, 5.74) is 0. The van der Waals surface area contributed by atoms with Crippen molar-refractivity contribution >= 4 is 5.91 Å². The molecule has 1 amide bonds. The third-order valence-corrected chi connectivity index (χ3v) is 1.97. The first-order chi connectivity index (χ1) is 5.63. The van der Waals surface area contributed by atoms with Crippen LogP contribution in [0.5, 0.6) is 0 Å². The summed E-state index contributed by atoms with van der Waals surface area (Å²) in [6.07, 6.45) is -2.87. The Labute approximate surface area is 69.7 Å².